The molecule has 0 nitrogen and oxygen atoms in total. The van der Waals surface area contributed by atoms with Crippen molar-refractivity contribution in [3.63, 3.8) is 0 Å². The first-order chi connectivity index (χ1) is 7.74. The summed E-state index contributed by atoms with van der Waals surface area (Å²) in [5.41, 5.74) is 1.93. The minimum Gasteiger partial charge on any atom is -0.126 e. The van der Waals surface area contributed by atoms with Gasteiger partial charge in [-0.15, -0.1) is 11.8 Å². The number of halogens is 1. The van der Waals surface area contributed by atoms with Gasteiger partial charge in [-0.2, -0.15) is 0 Å². The van der Waals surface area contributed by atoms with Crippen molar-refractivity contribution in [2.45, 2.75) is 37.5 Å². The normalized spacial score (nSPS) is 18.9. The standard InChI is InChI=1S/C14H19BrS/c1-12-5-4-6-13(9-12)16-11-14(10-15)7-2-3-8-14/h4-6,9H,2-3,7-8,10-11H2,1H3. The summed E-state index contributed by atoms with van der Waals surface area (Å²) in [5.74, 6) is 1.27. The zero-order valence-corrected chi connectivity index (χ0v) is 12.2. The van der Waals surface area contributed by atoms with E-state index >= 15 is 0 Å². The van der Waals surface area contributed by atoms with E-state index in [1.165, 1.54) is 47.2 Å². The lowest BCUT2D eigenvalue weighted by molar-refractivity contribution is 0.405. The Bertz CT molecular complexity index is 342. The average molecular weight is 299 g/mol. The van der Waals surface area contributed by atoms with Crippen molar-refractivity contribution in [3.8, 4) is 0 Å². The maximum absolute atomic E-state index is 3.71. The summed E-state index contributed by atoms with van der Waals surface area (Å²) in [5, 5.41) is 1.17. The van der Waals surface area contributed by atoms with Crippen LogP contribution in [0, 0.1) is 12.3 Å². The molecule has 0 aromatic heterocycles. The molecule has 0 saturated heterocycles. The molecule has 1 fully saturated rings. The molecular weight excluding hydrogens is 280 g/mol. The van der Waals surface area contributed by atoms with Crippen molar-refractivity contribution in [1.29, 1.82) is 0 Å². The van der Waals surface area contributed by atoms with E-state index in [4.69, 9.17) is 0 Å². The molecule has 0 bridgehead atoms. The molecule has 0 atom stereocenters. The molecule has 2 rings (SSSR count). The highest BCUT2D eigenvalue weighted by Gasteiger charge is 2.32. The van der Waals surface area contributed by atoms with Crippen LogP contribution in [0.25, 0.3) is 0 Å². The smallest absolute Gasteiger partial charge is 0.00959 e. The van der Waals surface area contributed by atoms with E-state index in [-0.39, 0.29) is 0 Å². The van der Waals surface area contributed by atoms with E-state index in [1.807, 2.05) is 11.8 Å². The van der Waals surface area contributed by atoms with E-state index in [0.717, 1.165) is 0 Å². The maximum Gasteiger partial charge on any atom is 0.00959 e. The molecule has 0 amide bonds. The van der Waals surface area contributed by atoms with Crippen molar-refractivity contribution in [3.05, 3.63) is 29.8 Å². The molecule has 88 valence electrons. The summed E-state index contributed by atoms with van der Waals surface area (Å²) >= 11 is 5.73. The number of alkyl halides is 1. The summed E-state index contributed by atoms with van der Waals surface area (Å²) in [6.45, 7) is 2.17. The van der Waals surface area contributed by atoms with Gasteiger partial charge < -0.3 is 0 Å². The lowest BCUT2D eigenvalue weighted by Gasteiger charge is -2.25. The minimum absolute atomic E-state index is 0.564. The van der Waals surface area contributed by atoms with E-state index in [2.05, 4.69) is 47.1 Å². The van der Waals surface area contributed by atoms with Crippen molar-refractivity contribution < 1.29 is 0 Å². The van der Waals surface area contributed by atoms with Crippen LogP contribution in [0.2, 0.25) is 0 Å². The highest BCUT2D eigenvalue weighted by molar-refractivity contribution is 9.09. The molecule has 1 aliphatic carbocycles. The fraction of sp³-hybridized carbons (Fsp3) is 0.571. The predicted octanol–water partition coefficient (Wildman–Crippen LogP) is 5.04. The van der Waals surface area contributed by atoms with Gasteiger partial charge in [-0.1, -0.05) is 46.5 Å². The van der Waals surface area contributed by atoms with Crippen LogP contribution in [0.15, 0.2) is 29.2 Å². The fourth-order valence-electron chi connectivity index (χ4n) is 2.38. The molecule has 0 N–H and O–H groups in total. The van der Waals surface area contributed by atoms with Crippen molar-refractivity contribution in [1.82, 2.24) is 0 Å². The third-order valence-corrected chi connectivity index (χ3v) is 6.02. The van der Waals surface area contributed by atoms with Crippen LogP contribution in [-0.4, -0.2) is 11.1 Å². The highest BCUT2D eigenvalue weighted by atomic mass is 79.9. The molecule has 0 aliphatic heterocycles. The summed E-state index contributed by atoms with van der Waals surface area (Å²) in [4.78, 5) is 1.42. The summed E-state index contributed by atoms with van der Waals surface area (Å²) in [6.07, 6.45) is 5.63. The number of thioether (sulfide) groups is 1. The van der Waals surface area contributed by atoms with E-state index in [1.54, 1.807) is 0 Å². The van der Waals surface area contributed by atoms with Gasteiger partial charge in [0.15, 0.2) is 0 Å². The van der Waals surface area contributed by atoms with Crippen molar-refractivity contribution >= 4 is 27.7 Å². The third kappa shape index (κ3) is 3.04. The molecule has 2 heteroatoms. The summed E-state index contributed by atoms with van der Waals surface area (Å²) in [6, 6.07) is 8.85. The lowest BCUT2D eigenvalue weighted by atomic mass is 9.92. The molecule has 0 heterocycles. The van der Waals surface area contributed by atoms with Crippen LogP contribution in [0.5, 0.6) is 0 Å². The highest BCUT2D eigenvalue weighted by Crippen LogP contribution is 2.43. The Kier molecular flexibility index (Phi) is 4.37. The number of benzene rings is 1. The largest absolute Gasteiger partial charge is 0.126 e. The molecular formula is C14H19BrS. The van der Waals surface area contributed by atoms with E-state index in [0.29, 0.717) is 5.41 Å². The Hall–Kier alpha value is 0.0500. The second-order valence-electron chi connectivity index (χ2n) is 4.95. The zero-order chi connectivity index (χ0) is 11.4. The first-order valence-electron chi connectivity index (χ1n) is 6.00. The molecule has 0 radical (unpaired) electrons. The van der Waals surface area contributed by atoms with Gasteiger partial charge in [-0.25, -0.2) is 0 Å². The van der Waals surface area contributed by atoms with Crippen LogP contribution in [0.3, 0.4) is 0 Å². The second-order valence-corrected chi connectivity index (χ2v) is 6.56. The van der Waals surface area contributed by atoms with Gasteiger partial charge in [0.1, 0.15) is 0 Å². The molecule has 1 aromatic carbocycles. The first-order valence-corrected chi connectivity index (χ1v) is 8.10. The van der Waals surface area contributed by atoms with E-state index < -0.39 is 0 Å². The fourth-order valence-corrected chi connectivity index (χ4v) is 4.71. The zero-order valence-electron chi connectivity index (χ0n) is 9.84. The predicted molar refractivity (Wildman–Crippen MR) is 76.6 cm³/mol. The topological polar surface area (TPSA) is 0 Å². The molecule has 1 aliphatic rings. The Labute approximate surface area is 111 Å². The number of hydrogen-bond donors (Lipinski definition) is 0. The van der Waals surface area contributed by atoms with Gasteiger partial charge in [0, 0.05) is 16.0 Å². The second kappa shape index (κ2) is 5.59. The maximum atomic E-state index is 3.71. The van der Waals surface area contributed by atoms with E-state index in [9.17, 15) is 0 Å². The molecule has 0 spiro atoms. The average Bonchev–Trinajstić information content (AvgIpc) is 2.76. The van der Waals surface area contributed by atoms with Gasteiger partial charge in [0.25, 0.3) is 0 Å². The monoisotopic (exact) mass is 298 g/mol. The van der Waals surface area contributed by atoms with Crippen LogP contribution in [0.4, 0.5) is 0 Å². The summed E-state index contributed by atoms with van der Waals surface area (Å²) in [7, 11) is 0. The Balaban J connectivity index is 1.95. The number of aryl methyl sites for hydroxylation is 1. The molecule has 1 aromatic rings. The quantitative estimate of drug-likeness (QED) is 0.554. The Morgan fingerprint density at radius 1 is 1.31 bits per heavy atom. The first kappa shape index (κ1) is 12.5. The Morgan fingerprint density at radius 3 is 2.69 bits per heavy atom. The third-order valence-electron chi connectivity index (χ3n) is 3.48. The van der Waals surface area contributed by atoms with Crippen LogP contribution < -0.4 is 0 Å². The van der Waals surface area contributed by atoms with Crippen LogP contribution >= 0.6 is 27.7 Å². The van der Waals surface area contributed by atoms with Crippen LogP contribution in [-0.2, 0) is 0 Å². The molecule has 0 unspecified atom stereocenters. The van der Waals surface area contributed by atoms with Crippen molar-refractivity contribution in [2.75, 3.05) is 11.1 Å². The number of rotatable bonds is 4. The summed E-state index contributed by atoms with van der Waals surface area (Å²) < 4.78 is 0. The minimum atomic E-state index is 0.564. The molecule has 16 heavy (non-hydrogen) atoms. The van der Waals surface area contributed by atoms with Gasteiger partial charge in [-0.3, -0.25) is 0 Å². The van der Waals surface area contributed by atoms with Gasteiger partial charge in [-0.05, 0) is 37.3 Å². The molecule has 1 saturated carbocycles. The van der Waals surface area contributed by atoms with Crippen molar-refractivity contribution in [2.24, 2.45) is 5.41 Å². The number of hydrogen-bond acceptors (Lipinski definition) is 1. The van der Waals surface area contributed by atoms with Gasteiger partial charge in [0.2, 0.25) is 0 Å². The van der Waals surface area contributed by atoms with Gasteiger partial charge in [0.05, 0.1) is 0 Å². The van der Waals surface area contributed by atoms with Gasteiger partial charge >= 0.3 is 0 Å². The van der Waals surface area contributed by atoms with Crippen LogP contribution in [0.1, 0.15) is 31.2 Å². The lowest BCUT2D eigenvalue weighted by Crippen LogP contribution is -2.21. The SMILES string of the molecule is Cc1cccc(SCC2(CBr)CCCC2)c1. The Morgan fingerprint density at radius 2 is 2.06 bits per heavy atom.